The molecule has 0 rings (SSSR count). The maximum Gasteiger partial charge on any atom is -0.00934 e. The Balaban J connectivity index is 3.06. The van der Waals surface area contributed by atoms with E-state index in [0.717, 1.165) is 547 Å². The molecule has 0 fully saturated rings. The monoisotopic (exact) mass is 1980 g/mol. The molecule has 0 saturated carbocycles. The van der Waals surface area contributed by atoms with Gasteiger partial charge >= 0.3 is 0 Å². The van der Waals surface area contributed by atoms with Crippen molar-refractivity contribution in [3.63, 3.8) is 0 Å². The summed E-state index contributed by atoms with van der Waals surface area (Å²) in [5, 5.41) is 0. The minimum Gasteiger partial charge on any atom is -0.0120 e. The molecule has 66 heteroatoms. The third kappa shape index (κ3) is 78.3. The first-order valence-corrected chi connectivity index (χ1v) is 296. The zero-order valence-electron chi connectivity index (χ0n) is 47.3. The van der Waals surface area contributed by atoms with Gasteiger partial charge in [-0.15, -0.1) is 0 Å². The number of hydrogen-bond acceptors (Lipinski definition) is 0. The highest BCUT2D eigenvalue weighted by molar-refractivity contribution is 7.81. The van der Waals surface area contributed by atoms with Crippen LogP contribution >= 0.6 is 0 Å². The molecule has 0 aliphatic heterocycles. The highest BCUT2D eigenvalue weighted by atomic mass is 30.1. The first-order valence-electron chi connectivity index (χ1n) is 32.9. The van der Waals surface area contributed by atoms with Gasteiger partial charge in [0.2, 0.25) is 0 Å². The van der Waals surface area contributed by atoms with E-state index in [2.05, 4.69) is 0 Å². The Hall–Kier alpha value is 14.3. The highest BCUT2D eigenvalue weighted by Gasteiger charge is 2.05. The summed E-state index contributed by atoms with van der Waals surface area (Å²) < 4.78 is 0. The summed E-state index contributed by atoms with van der Waals surface area (Å²) in [7, 11) is 63.3. The van der Waals surface area contributed by atoms with Crippen LogP contribution in [-0.4, -0.2) is 567 Å². The molecule has 0 heterocycles. The molecule has 0 aliphatic carbocycles. The molecule has 0 spiro atoms. The predicted octanol–water partition coefficient (Wildman–Crippen LogP) is -61.0. The van der Waals surface area contributed by atoms with Crippen LogP contribution in [0.3, 0.4) is 0 Å². The molecule has 0 unspecified atom stereocenters. The number of rotatable bonds is 63. The van der Waals surface area contributed by atoms with Crippen molar-refractivity contribution in [2.24, 2.45) is 0 Å². The van der Waals surface area contributed by atoms with Gasteiger partial charge in [-0.3, -0.25) is 0 Å². The molecule has 0 aromatic carbocycles. The largest absolute Gasteiger partial charge is 0.0120 e. The Morgan fingerprint density at radius 2 is 0.121 bits per heavy atom. The fourth-order valence-corrected chi connectivity index (χ4v) is 2700. The van der Waals surface area contributed by atoms with Crippen molar-refractivity contribution in [1.82, 2.24) is 0 Å². The molecular formula is H134Si66. The molecular weight excluding hydrogens is 1850 g/mol. The summed E-state index contributed by atoms with van der Waals surface area (Å²) in [5.41, 5.74) is 0. The van der Waals surface area contributed by atoms with Crippen LogP contribution in [0.4, 0.5) is 0 Å². The molecule has 0 aromatic heterocycles. The normalized spacial score (nSPS) is 23.5. The topological polar surface area (TPSA) is 0 Å². The molecule has 0 N–H and O–H groups in total. The molecule has 398 valence electrons. The summed E-state index contributed by atoms with van der Waals surface area (Å²) >= 11 is 0. The van der Waals surface area contributed by atoms with Crippen LogP contribution in [-0.2, 0) is 0 Å². The van der Waals surface area contributed by atoms with E-state index in [1.807, 2.05) is 0 Å². The molecule has 66 heavy (non-hydrogen) atoms. The van der Waals surface area contributed by atoms with Gasteiger partial charge < -0.3 is 0 Å². The van der Waals surface area contributed by atoms with Crippen molar-refractivity contribution in [2.75, 3.05) is 0 Å². The van der Waals surface area contributed by atoms with Crippen LogP contribution in [0.5, 0.6) is 0 Å². The fourth-order valence-electron chi connectivity index (χ4n) is 11.1. The molecule has 0 amide bonds. The zero-order chi connectivity index (χ0) is 47.3. The lowest BCUT2D eigenvalue weighted by molar-refractivity contribution is 3.76. The van der Waals surface area contributed by atoms with E-state index < -0.39 is 0 Å². The Labute approximate surface area is 556 Å². The molecule has 0 saturated heterocycles. The quantitative estimate of drug-likeness (QED) is 0.0421. The molecule has 0 nitrogen and oxygen atoms in total. The SMILES string of the molecule is [SiH3][SiH2][SiH2][SiH2][SiH2][SiH2][SiH2][SiH2][SiH2][SiH2][SiH2][SiH2][SiH2][SiH2][SiH2][SiH2][SiH2][SiH2][SiH2][SiH2][SiH2][SiH2][SiH2][SiH2][SiH2][SiH2][SiH2][SiH2][SiH2][SiH2][SiH2][SiH2][SiH2][SiH2][SiH2][SiH2][SiH2][SiH2][SiH2][SiH2][SiH2][SiH2][SiH2][SiH2][SiH2][SiH2][SiH2][SiH2][SiH2][SiH2][SiH2][SiH2][SiH2][SiH2][SiH2][SiH2][SiH2][SiH2][SiH2][SiH2][SiH2][SiH2][SiH2][SiH2][SiH2][SiH3]. The van der Waals surface area contributed by atoms with Crippen LogP contribution in [0.2, 0.25) is 0 Å². The van der Waals surface area contributed by atoms with E-state index >= 15 is 0 Å². The number of hydrogen-bond donors (Lipinski definition) is 0. The van der Waals surface area contributed by atoms with Crippen molar-refractivity contribution >= 4 is 567 Å². The molecule has 0 atom stereocenters. The van der Waals surface area contributed by atoms with Gasteiger partial charge in [-0.25, -0.2) is 0 Å². The van der Waals surface area contributed by atoms with Crippen LogP contribution in [0.25, 0.3) is 0 Å². The van der Waals surface area contributed by atoms with Crippen molar-refractivity contribution in [3.05, 3.63) is 0 Å². The third-order valence-corrected chi connectivity index (χ3v) is 1290. The molecule has 0 bridgehead atoms. The summed E-state index contributed by atoms with van der Waals surface area (Å²) in [4.78, 5) is 0. The van der Waals surface area contributed by atoms with Gasteiger partial charge in [-0.1, -0.05) is 0 Å². The van der Waals surface area contributed by atoms with E-state index in [9.17, 15) is 0 Å². The first-order chi connectivity index (χ1) is 32.9. The van der Waals surface area contributed by atoms with Gasteiger partial charge in [0.1, 0.15) is 0 Å². The minimum absolute atomic E-state index is 0.819. The maximum absolute atomic E-state index is 1.76. The predicted molar refractivity (Wildman–Crippen MR) is 567 cm³/mol. The van der Waals surface area contributed by atoms with Crippen molar-refractivity contribution in [3.8, 4) is 0 Å². The smallest absolute Gasteiger partial charge is 0.00934 e. The van der Waals surface area contributed by atoms with Gasteiger partial charge in [-0.05, 0) is 567 Å². The Kier molecular flexibility index (Phi) is 96.5. The second kappa shape index (κ2) is 79.3. The second-order valence-electron chi connectivity index (χ2n) is 22.9. The van der Waals surface area contributed by atoms with Gasteiger partial charge in [0, 0.05) is 0 Å². The van der Waals surface area contributed by atoms with E-state index in [4.69, 9.17) is 0 Å². The molecule has 0 aliphatic rings. The third-order valence-electron chi connectivity index (χ3n) is 16.0. The van der Waals surface area contributed by atoms with Gasteiger partial charge in [-0.2, -0.15) is 0 Å². The van der Waals surface area contributed by atoms with E-state index in [1.165, 1.54) is 0 Å². The average Bonchev–Trinajstić information content (AvgIpc) is 3.33. The lowest BCUT2D eigenvalue weighted by Gasteiger charge is -2.01. The summed E-state index contributed by atoms with van der Waals surface area (Å²) in [5.74, 6) is 0. The lowest BCUT2D eigenvalue weighted by Crippen LogP contribution is -2.38. The average molecular weight is 1990 g/mol. The summed E-state index contributed by atoms with van der Waals surface area (Å²) in [6.45, 7) is 0. The highest BCUT2D eigenvalue weighted by Crippen LogP contribution is 1.67. The zero-order valence-corrected chi connectivity index (χ0v) is 142. The first kappa shape index (κ1) is 80.3. The lowest BCUT2D eigenvalue weighted by atomic mass is 26.1. The van der Waals surface area contributed by atoms with Crippen molar-refractivity contribution in [2.45, 2.75) is 0 Å². The summed E-state index contributed by atoms with van der Waals surface area (Å²) in [6, 6.07) is 0. The van der Waals surface area contributed by atoms with Crippen LogP contribution < -0.4 is 0 Å². The Morgan fingerprint density at radius 3 is 0.167 bits per heavy atom. The molecule has 0 aromatic rings. The van der Waals surface area contributed by atoms with Crippen molar-refractivity contribution < 1.29 is 0 Å². The molecule has 0 radical (unpaired) electrons. The van der Waals surface area contributed by atoms with Crippen LogP contribution in [0, 0.1) is 0 Å². The standard InChI is InChI=1S/H134Si66/c1-3-5-7-9-11-13-15-17-19-21-23-25-27-29-31-33-35-37-39-41-43-45-47-49-51-53-55-57-59-61-63-65-66-64-62-60-58-56-54-52-50-48-46-44-42-40-38-36-34-32-30-28-26-24-22-20-18-16-14-12-10-8-6-4-2/h3-66H2,1-2H3. The second-order valence-corrected chi connectivity index (χ2v) is 619. The minimum atomic E-state index is 0.819. The van der Waals surface area contributed by atoms with Crippen molar-refractivity contribution in [1.29, 1.82) is 0 Å². The Bertz CT molecular complexity index is 704. The van der Waals surface area contributed by atoms with Crippen LogP contribution in [0.1, 0.15) is 0 Å². The van der Waals surface area contributed by atoms with Crippen LogP contribution in [0.15, 0.2) is 0 Å². The van der Waals surface area contributed by atoms with E-state index in [-0.39, 0.29) is 0 Å². The van der Waals surface area contributed by atoms with E-state index in [0.29, 0.717) is 0 Å². The Morgan fingerprint density at radius 1 is 0.0758 bits per heavy atom. The summed E-state index contributed by atoms with van der Waals surface area (Å²) in [6.07, 6.45) is 0. The maximum atomic E-state index is 1.76. The fraction of sp³-hybridized carbons (Fsp3) is 0. The van der Waals surface area contributed by atoms with Gasteiger partial charge in [0.25, 0.3) is 0 Å². The van der Waals surface area contributed by atoms with Gasteiger partial charge in [0.05, 0.1) is 0 Å². The van der Waals surface area contributed by atoms with Gasteiger partial charge in [0.15, 0.2) is 0 Å². The van der Waals surface area contributed by atoms with E-state index in [1.54, 1.807) is 19.5 Å².